The van der Waals surface area contributed by atoms with E-state index in [0.717, 1.165) is 12.8 Å². The van der Waals surface area contributed by atoms with Crippen LogP contribution in [0.25, 0.3) is 0 Å². The van der Waals surface area contributed by atoms with E-state index in [9.17, 15) is 4.79 Å². The number of carbonyl (C=O) groups is 1. The van der Waals surface area contributed by atoms with Crippen molar-refractivity contribution in [2.45, 2.75) is 18.9 Å². The van der Waals surface area contributed by atoms with Gasteiger partial charge in [-0.3, -0.25) is 0 Å². The molecule has 1 rings (SSSR count). The molecule has 11 heavy (non-hydrogen) atoms. The number of hydrogen-bond donors (Lipinski definition) is 2. The Hall–Kier alpha value is -0.610. The minimum absolute atomic E-state index is 0.221. The Morgan fingerprint density at radius 3 is 2.82 bits per heavy atom. The van der Waals surface area contributed by atoms with Gasteiger partial charge in [-0.1, -0.05) is 0 Å². The maximum Gasteiger partial charge on any atom is 0.332 e. The summed E-state index contributed by atoms with van der Waals surface area (Å²) in [7, 11) is 0. The molecule has 0 radical (unpaired) electrons. The van der Waals surface area contributed by atoms with Crippen molar-refractivity contribution in [1.29, 1.82) is 0 Å². The monoisotopic (exact) mass is 160 g/mol. The zero-order valence-corrected chi connectivity index (χ0v) is 6.19. The highest BCUT2D eigenvalue weighted by Gasteiger charge is 2.27. The summed E-state index contributed by atoms with van der Waals surface area (Å²) in [5.41, 5.74) is 0. The summed E-state index contributed by atoms with van der Waals surface area (Å²) in [6.45, 7) is 1.05. The first-order chi connectivity index (χ1) is 5.22. The van der Waals surface area contributed by atoms with Crippen LogP contribution in [-0.2, 0) is 9.53 Å². The Bertz CT molecular complexity index is 139. The average Bonchev–Trinajstić information content (AvgIpc) is 2.05. The summed E-state index contributed by atoms with van der Waals surface area (Å²) < 4.78 is 5.03. The van der Waals surface area contributed by atoms with Crippen molar-refractivity contribution in [2.24, 2.45) is 5.92 Å². The minimum Gasteiger partial charge on any atom is -0.479 e. The van der Waals surface area contributed by atoms with Crippen molar-refractivity contribution in [3.8, 4) is 0 Å². The number of aliphatic hydroxyl groups is 1. The molecule has 64 valence electrons. The van der Waals surface area contributed by atoms with Crippen LogP contribution in [0.4, 0.5) is 0 Å². The third-order valence-electron chi connectivity index (χ3n) is 1.90. The van der Waals surface area contributed by atoms with Gasteiger partial charge in [0.1, 0.15) is 0 Å². The molecule has 2 unspecified atom stereocenters. The fourth-order valence-electron chi connectivity index (χ4n) is 1.22. The van der Waals surface area contributed by atoms with Gasteiger partial charge in [-0.05, 0) is 12.8 Å². The molecule has 1 fully saturated rings. The first kappa shape index (κ1) is 8.49. The second-order valence-electron chi connectivity index (χ2n) is 2.76. The van der Waals surface area contributed by atoms with Crippen LogP contribution in [0.2, 0.25) is 0 Å². The van der Waals surface area contributed by atoms with Gasteiger partial charge in [0.05, 0.1) is 6.61 Å². The van der Waals surface area contributed by atoms with Crippen molar-refractivity contribution >= 4 is 5.97 Å². The molecule has 0 saturated carbocycles. The molecule has 0 aromatic heterocycles. The van der Waals surface area contributed by atoms with Crippen LogP contribution < -0.4 is 0 Å². The second-order valence-corrected chi connectivity index (χ2v) is 2.76. The predicted octanol–water partition coefficient (Wildman–Crippen LogP) is -0.141. The lowest BCUT2D eigenvalue weighted by molar-refractivity contribution is -0.152. The molecule has 0 spiro atoms. The topological polar surface area (TPSA) is 66.8 Å². The number of aliphatic hydroxyl groups excluding tert-OH is 1. The van der Waals surface area contributed by atoms with E-state index in [4.69, 9.17) is 14.9 Å². The first-order valence-corrected chi connectivity index (χ1v) is 3.70. The number of carboxylic acids is 1. The largest absolute Gasteiger partial charge is 0.479 e. The highest BCUT2D eigenvalue weighted by molar-refractivity contribution is 5.72. The van der Waals surface area contributed by atoms with Crippen molar-refractivity contribution in [1.82, 2.24) is 0 Å². The number of rotatable bonds is 2. The molecule has 0 bridgehead atoms. The molecule has 0 aromatic rings. The number of aliphatic carboxylic acids is 1. The molecule has 4 nitrogen and oxygen atoms in total. The molecule has 4 heteroatoms. The maximum atomic E-state index is 10.3. The van der Waals surface area contributed by atoms with E-state index in [1.165, 1.54) is 0 Å². The van der Waals surface area contributed by atoms with E-state index in [1.807, 2.05) is 0 Å². The molecule has 2 atom stereocenters. The number of carboxylic acid groups (broad SMARTS) is 1. The van der Waals surface area contributed by atoms with Crippen molar-refractivity contribution in [3.63, 3.8) is 0 Å². The lowest BCUT2D eigenvalue weighted by Gasteiger charge is -2.23. The summed E-state index contributed by atoms with van der Waals surface area (Å²) in [6.07, 6.45) is 0.331. The first-order valence-electron chi connectivity index (χ1n) is 3.70. The van der Waals surface area contributed by atoms with E-state index in [1.54, 1.807) is 0 Å². The summed E-state index contributed by atoms with van der Waals surface area (Å²) in [6, 6.07) is 0. The predicted molar refractivity (Wildman–Crippen MR) is 37.2 cm³/mol. The molecule has 0 aromatic carbocycles. The van der Waals surface area contributed by atoms with Crippen LogP contribution in [0.1, 0.15) is 12.8 Å². The standard InChI is InChI=1S/C7H12O4/c8-6(7(9)10)5-2-1-3-11-4-5/h5-6,8H,1-4H2,(H,9,10). The van der Waals surface area contributed by atoms with Gasteiger partial charge in [0.15, 0.2) is 6.10 Å². The van der Waals surface area contributed by atoms with Crippen LogP contribution in [0, 0.1) is 5.92 Å². The molecular formula is C7H12O4. The molecule has 1 aliphatic rings. The molecular weight excluding hydrogens is 148 g/mol. The molecule has 2 N–H and O–H groups in total. The molecule has 1 aliphatic heterocycles. The SMILES string of the molecule is O=C(O)C(O)C1CCCOC1. The van der Waals surface area contributed by atoms with E-state index >= 15 is 0 Å². The van der Waals surface area contributed by atoms with Gasteiger partial charge in [0.2, 0.25) is 0 Å². The third-order valence-corrected chi connectivity index (χ3v) is 1.90. The Morgan fingerprint density at radius 1 is 1.64 bits per heavy atom. The summed E-state index contributed by atoms with van der Waals surface area (Å²) in [5.74, 6) is -1.37. The molecule has 0 amide bonds. The molecule has 1 saturated heterocycles. The van der Waals surface area contributed by atoms with Crippen LogP contribution in [0.15, 0.2) is 0 Å². The highest BCUT2D eigenvalue weighted by Crippen LogP contribution is 2.17. The molecule has 0 aliphatic carbocycles. The van der Waals surface area contributed by atoms with E-state index < -0.39 is 12.1 Å². The average molecular weight is 160 g/mol. The van der Waals surface area contributed by atoms with Gasteiger partial charge in [0, 0.05) is 12.5 Å². The summed E-state index contributed by atoms with van der Waals surface area (Å²) in [4.78, 5) is 10.3. The normalized spacial score (nSPS) is 27.9. The van der Waals surface area contributed by atoms with Gasteiger partial charge in [-0.2, -0.15) is 0 Å². The third kappa shape index (κ3) is 2.17. The number of ether oxygens (including phenoxy) is 1. The van der Waals surface area contributed by atoms with Crippen LogP contribution in [0.5, 0.6) is 0 Å². The van der Waals surface area contributed by atoms with Crippen molar-refractivity contribution < 1.29 is 19.7 Å². The second kappa shape index (κ2) is 3.69. The Labute approximate surface area is 64.8 Å². The zero-order chi connectivity index (χ0) is 8.27. The minimum atomic E-state index is -1.25. The highest BCUT2D eigenvalue weighted by atomic mass is 16.5. The van der Waals surface area contributed by atoms with Crippen molar-refractivity contribution in [2.75, 3.05) is 13.2 Å². The van der Waals surface area contributed by atoms with Crippen molar-refractivity contribution in [3.05, 3.63) is 0 Å². The maximum absolute atomic E-state index is 10.3. The van der Waals surface area contributed by atoms with Gasteiger partial charge >= 0.3 is 5.97 Å². The fourth-order valence-corrected chi connectivity index (χ4v) is 1.22. The zero-order valence-electron chi connectivity index (χ0n) is 6.19. The number of hydrogen-bond acceptors (Lipinski definition) is 3. The van der Waals surface area contributed by atoms with E-state index in [0.29, 0.717) is 13.2 Å². The summed E-state index contributed by atoms with van der Waals surface area (Å²) in [5, 5.41) is 17.5. The lowest BCUT2D eigenvalue weighted by atomic mass is 9.96. The summed E-state index contributed by atoms with van der Waals surface area (Å²) >= 11 is 0. The Balaban J connectivity index is 2.38. The Morgan fingerprint density at radius 2 is 2.36 bits per heavy atom. The van der Waals surface area contributed by atoms with Crippen LogP contribution >= 0.6 is 0 Å². The van der Waals surface area contributed by atoms with Gasteiger partial charge in [-0.25, -0.2) is 4.79 Å². The smallest absolute Gasteiger partial charge is 0.332 e. The lowest BCUT2D eigenvalue weighted by Crippen LogP contribution is -2.34. The fraction of sp³-hybridized carbons (Fsp3) is 0.857. The molecule has 1 heterocycles. The van der Waals surface area contributed by atoms with Crippen LogP contribution in [-0.4, -0.2) is 35.5 Å². The van der Waals surface area contributed by atoms with E-state index in [2.05, 4.69) is 0 Å². The quantitative estimate of drug-likeness (QED) is 0.590. The van der Waals surface area contributed by atoms with E-state index in [-0.39, 0.29) is 5.92 Å². The van der Waals surface area contributed by atoms with Gasteiger partial charge < -0.3 is 14.9 Å². The Kier molecular flexibility index (Phi) is 2.84. The van der Waals surface area contributed by atoms with Gasteiger partial charge in [0.25, 0.3) is 0 Å². The van der Waals surface area contributed by atoms with Gasteiger partial charge in [-0.15, -0.1) is 0 Å². The van der Waals surface area contributed by atoms with Crippen LogP contribution in [0.3, 0.4) is 0 Å².